The maximum absolute atomic E-state index is 4.31. The topological polar surface area (TPSA) is 24.1 Å². The van der Waals surface area contributed by atoms with Crippen LogP contribution in [0.2, 0.25) is 0 Å². The second-order valence-corrected chi connectivity index (χ2v) is 13.7. The van der Waals surface area contributed by atoms with Crippen molar-refractivity contribution in [2.75, 3.05) is 13.1 Å². The van der Waals surface area contributed by atoms with Gasteiger partial charge in [0.25, 0.3) is 0 Å². The van der Waals surface area contributed by atoms with Crippen molar-refractivity contribution in [2.24, 2.45) is 23.7 Å². The van der Waals surface area contributed by atoms with Gasteiger partial charge in [-0.25, -0.2) is 0 Å². The third-order valence-electron chi connectivity index (χ3n) is 11.0. The average molecular weight is 501 g/mol. The van der Waals surface area contributed by atoms with Gasteiger partial charge in [0.1, 0.15) is 0 Å². The molecule has 2 heterocycles. The van der Waals surface area contributed by atoms with Gasteiger partial charge in [0.2, 0.25) is 0 Å². The van der Waals surface area contributed by atoms with E-state index in [0.29, 0.717) is 0 Å². The van der Waals surface area contributed by atoms with Gasteiger partial charge in [-0.05, 0) is 68.9 Å². The van der Waals surface area contributed by atoms with Gasteiger partial charge in [0.15, 0.2) is 0 Å². The van der Waals surface area contributed by atoms with Crippen molar-refractivity contribution in [1.82, 2.24) is 10.6 Å². The van der Waals surface area contributed by atoms with E-state index in [1.165, 1.54) is 180 Å². The van der Waals surface area contributed by atoms with Crippen LogP contribution in [0.5, 0.6) is 0 Å². The summed E-state index contributed by atoms with van der Waals surface area (Å²) in [6, 6.07) is 1.56. The minimum Gasteiger partial charge on any atom is -0.314 e. The van der Waals surface area contributed by atoms with Crippen LogP contribution in [0.15, 0.2) is 0 Å². The Hall–Kier alpha value is -0.0800. The predicted octanol–water partition coefficient (Wildman–Crippen LogP) is 9.56. The zero-order valence-electron chi connectivity index (χ0n) is 24.3. The van der Waals surface area contributed by atoms with Gasteiger partial charge in [-0.1, -0.05) is 135 Å². The third kappa shape index (κ3) is 9.91. The molecule has 4 aliphatic rings. The number of hydrogen-bond acceptors (Lipinski definition) is 2. The number of rotatable bonds is 5. The molecule has 0 amide bonds. The van der Waals surface area contributed by atoms with Gasteiger partial charge < -0.3 is 10.6 Å². The Morgan fingerprint density at radius 1 is 0.444 bits per heavy atom. The molecule has 0 radical (unpaired) electrons. The van der Waals surface area contributed by atoms with Gasteiger partial charge in [0, 0.05) is 12.1 Å². The first-order valence-electron chi connectivity index (χ1n) is 17.4. The zero-order chi connectivity index (χ0) is 24.7. The molecule has 0 aromatic heterocycles. The lowest BCUT2D eigenvalue weighted by atomic mass is 9.65. The number of hydrogen-bond donors (Lipinski definition) is 2. The molecule has 2 saturated heterocycles. The summed E-state index contributed by atoms with van der Waals surface area (Å²) in [4.78, 5) is 0. The van der Waals surface area contributed by atoms with Crippen molar-refractivity contribution in [3.63, 3.8) is 0 Å². The van der Waals surface area contributed by atoms with E-state index < -0.39 is 0 Å². The van der Waals surface area contributed by atoms with Gasteiger partial charge >= 0.3 is 0 Å². The van der Waals surface area contributed by atoms with Crippen LogP contribution in [0.4, 0.5) is 0 Å². The monoisotopic (exact) mass is 501 g/mol. The van der Waals surface area contributed by atoms with E-state index in [4.69, 9.17) is 0 Å². The standard InChI is InChI=1S/C34H64N2/c1-4-12-20-29(21-13-5-1)28-33-31(24-16-8-3-10-18-27-36-33)34(30-22-14-6-2-7-15-23-30)32-25-17-9-11-19-26-35-32/h29-36H,1-28H2. The fourth-order valence-corrected chi connectivity index (χ4v) is 8.94. The Kier molecular flexibility index (Phi) is 14.1. The van der Waals surface area contributed by atoms with Crippen molar-refractivity contribution in [3.05, 3.63) is 0 Å². The van der Waals surface area contributed by atoms with Crippen molar-refractivity contribution >= 4 is 0 Å². The van der Waals surface area contributed by atoms with E-state index in [-0.39, 0.29) is 0 Å². The van der Waals surface area contributed by atoms with Crippen molar-refractivity contribution in [2.45, 2.75) is 179 Å². The Balaban J connectivity index is 1.58. The van der Waals surface area contributed by atoms with Crippen LogP contribution >= 0.6 is 0 Å². The summed E-state index contributed by atoms with van der Waals surface area (Å²) in [7, 11) is 0. The quantitative estimate of drug-likeness (QED) is 0.392. The Labute approximate surface area is 226 Å². The molecule has 2 saturated carbocycles. The second-order valence-electron chi connectivity index (χ2n) is 13.7. The van der Waals surface area contributed by atoms with E-state index in [2.05, 4.69) is 10.6 Å². The summed E-state index contributed by atoms with van der Waals surface area (Å²) in [5, 5.41) is 8.54. The first kappa shape index (κ1) is 28.9. The highest BCUT2D eigenvalue weighted by Gasteiger charge is 2.39. The summed E-state index contributed by atoms with van der Waals surface area (Å²) in [6.45, 7) is 2.56. The molecule has 0 bridgehead atoms. The maximum atomic E-state index is 4.31. The molecule has 4 atom stereocenters. The molecule has 4 rings (SSSR count). The smallest absolute Gasteiger partial charge is 0.0101 e. The second kappa shape index (κ2) is 17.5. The van der Waals surface area contributed by atoms with Crippen molar-refractivity contribution in [3.8, 4) is 0 Å². The summed E-state index contributed by atoms with van der Waals surface area (Å²) < 4.78 is 0. The molecular weight excluding hydrogens is 436 g/mol. The van der Waals surface area contributed by atoms with Crippen molar-refractivity contribution < 1.29 is 0 Å². The van der Waals surface area contributed by atoms with Gasteiger partial charge in [0.05, 0.1) is 0 Å². The van der Waals surface area contributed by atoms with Crippen LogP contribution in [-0.4, -0.2) is 25.2 Å². The maximum Gasteiger partial charge on any atom is 0.0101 e. The molecule has 2 nitrogen and oxygen atoms in total. The molecule has 210 valence electrons. The molecule has 0 spiro atoms. The first-order chi connectivity index (χ1) is 17.9. The summed E-state index contributed by atoms with van der Waals surface area (Å²) in [6.07, 6.45) is 38.6. The summed E-state index contributed by atoms with van der Waals surface area (Å²) in [5.41, 5.74) is 0. The number of nitrogens with one attached hydrogen (secondary N) is 2. The van der Waals surface area contributed by atoms with Gasteiger partial charge in [-0.2, -0.15) is 0 Å². The minimum absolute atomic E-state index is 0.773. The molecule has 2 aliphatic carbocycles. The molecule has 4 fully saturated rings. The van der Waals surface area contributed by atoms with Crippen LogP contribution in [0.1, 0.15) is 167 Å². The predicted molar refractivity (Wildman–Crippen MR) is 158 cm³/mol. The van der Waals surface area contributed by atoms with Gasteiger partial charge in [-0.3, -0.25) is 0 Å². The third-order valence-corrected chi connectivity index (χ3v) is 11.0. The van der Waals surface area contributed by atoms with Crippen LogP contribution in [0.25, 0.3) is 0 Å². The Morgan fingerprint density at radius 2 is 0.917 bits per heavy atom. The van der Waals surface area contributed by atoms with Crippen LogP contribution in [0, 0.1) is 23.7 Å². The zero-order valence-corrected chi connectivity index (χ0v) is 24.3. The van der Waals surface area contributed by atoms with Crippen LogP contribution in [-0.2, 0) is 0 Å². The Morgan fingerprint density at radius 3 is 1.56 bits per heavy atom. The average Bonchev–Trinajstić information content (AvgIpc) is 2.82. The van der Waals surface area contributed by atoms with E-state index in [1.807, 2.05) is 0 Å². The van der Waals surface area contributed by atoms with Crippen LogP contribution in [0.3, 0.4) is 0 Å². The summed E-state index contributed by atoms with van der Waals surface area (Å²) in [5.74, 6) is 3.76. The van der Waals surface area contributed by atoms with E-state index >= 15 is 0 Å². The minimum atomic E-state index is 0.773. The molecule has 4 unspecified atom stereocenters. The van der Waals surface area contributed by atoms with E-state index in [1.54, 1.807) is 0 Å². The highest BCUT2D eigenvalue weighted by Crippen LogP contribution is 2.42. The molecule has 0 aromatic rings. The molecule has 2 N–H and O–H groups in total. The molecule has 0 aromatic carbocycles. The fourth-order valence-electron chi connectivity index (χ4n) is 8.94. The van der Waals surface area contributed by atoms with Crippen molar-refractivity contribution in [1.29, 1.82) is 0 Å². The normalized spacial score (nSPS) is 33.2. The lowest BCUT2D eigenvalue weighted by molar-refractivity contribution is 0.0831. The highest BCUT2D eigenvalue weighted by molar-refractivity contribution is 4.94. The molecule has 2 aliphatic heterocycles. The SMILES string of the molecule is C1CCCC(CC2NCCCCCCCC2C(C2CCCCCCC2)C2CCCCCCN2)CCC1. The summed E-state index contributed by atoms with van der Waals surface area (Å²) >= 11 is 0. The van der Waals surface area contributed by atoms with E-state index in [9.17, 15) is 0 Å². The molecule has 36 heavy (non-hydrogen) atoms. The lowest BCUT2D eigenvalue weighted by Crippen LogP contribution is -2.51. The molecular formula is C34H64N2. The Bertz CT molecular complexity index is 501. The van der Waals surface area contributed by atoms with Crippen LogP contribution < -0.4 is 10.6 Å². The first-order valence-corrected chi connectivity index (χ1v) is 17.4. The van der Waals surface area contributed by atoms with Gasteiger partial charge in [-0.15, -0.1) is 0 Å². The fraction of sp³-hybridized carbons (Fsp3) is 1.00. The lowest BCUT2D eigenvalue weighted by Gasteiger charge is -2.45. The highest BCUT2D eigenvalue weighted by atomic mass is 15.0. The largest absolute Gasteiger partial charge is 0.314 e. The van der Waals surface area contributed by atoms with E-state index in [0.717, 1.165) is 35.8 Å². The molecule has 2 heteroatoms.